The number of halogens is 2. The van der Waals surface area contributed by atoms with Crippen LogP contribution < -0.4 is 0 Å². The molecule has 0 heterocycles. The second kappa shape index (κ2) is 3.40. The van der Waals surface area contributed by atoms with Gasteiger partial charge >= 0.3 is 0 Å². The average Bonchev–Trinajstić information content (AvgIpc) is 2.67. The Bertz CT molecular complexity index is 365. The first-order chi connectivity index (χ1) is 6.87. The highest BCUT2D eigenvalue weighted by atomic mass is 35.5. The van der Waals surface area contributed by atoms with Gasteiger partial charge in [0.25, 0.3) is 0 Å². The Hall–Kier alpha value is -0.200. The van der Waals surface area contributed by atoms with Crippen molar-refractivity contribution in [2.75, 3.05) is 0 Å². The van der Waals surface area contributed by atoms with Gasteiger partial charge in [-0.3, -0.25) is 0 Å². The molecule has 82 valence electrons. The molecule has 1 atom stereocenters. The zero-order valence-corrected chi connectivity index (χ0v) is 10.9. The van der Waals surface area contributed by atoms with Crippen LogP contribution in [0, 0.1) is 0 Å². The molecule has 2 heteroatoms. The number of benzene rings is 1. The highest BCUT2D eigenvalue weighted by molar-refractivity contribution is 6.52. The summed E-state index contributed by atoms with van der Waals surface area (Å²) in [6.45, 7) is 6.51. The van der Waals surface area contributed by atoms with Crippen molar-refractivity contribution < 1.29 is 0 Å². The Morgan fingerprint density at radius 3 is 1.93 bits per heavy atom. The van der Waals surface area contributed by atoms with Crippen molar-refractivity contribution in [1.29, 1.82) is 0 Å². The summed E-state index contributed by atoms with van der Waals surface area (Å²) in [7, 11) is 0. The van der Waals surface area contributed by atoms with Crippen molar-refractivity contribution in [3.8, 4) is 0 Å². The molecule has 1 fully saturated rings. The molecule has 15 heavy (non-hydrogen) atoms. The summed E-state index contributed by atoms with van der Waals surface area (Å²) < 4.78 is -0.563. The number of hydrogen-bond acceptors (Lipinski definition) is 0. The van der Waals surface area contributed by atoms with Gasteiger partial charge < -0.3 is 0 Å². The molecule has 0 spiro atoms. The van der Waals surface area contributed by atoms with Gasteiger partial charge in [-0.2, -0.15) is 0 Å². The third-order valence-electron chi connectivity index (χ3n) is 3.47. The number of hydrogen-bond donors (Lipinski definition) is 0. The molecule has 1 aromatic carbocycles. The first-order valence-electron chi connectivity index (χ1n) is 5.35. The van der Waals surface area contributed by atoms with Crippen molar-refractivity contribution in [1.82, 2.24) is 0 Å². The summed E-state index contributed by atoms with van der Waals surface area (Å²) in [5.74, 6) is 0.572. The molecule has 1 aromatic rings. The monoisotopic (exact) mass is 242 g/mol. The van der Waals surface area contributed by atoms with E-state index in [1.54, 1.807) is 0 Å². The lowest BCUT2D eigenvalue weighted by Gasteiger charge is -2.14. The average molecular weight is 243 g/mol. The molecule has 2 rings (SSSR count). The van der Waals surface area contributed by atoms with Crippen LogP contribution in [0.1, 0.15) is 44.2 Å². The Labute approximate surface area is 102 Å². The topological polar surface area (TPSA) is 0 Å². The highest BCUT2D eigenvalue weighted by Crippen LogP contribution is 2.64. The normalized spacial score (nSPS) is 28.1. The molecule has 0 amide bonds. The fourth-order valence-electron chi connectivity index (χ4n) is 1.95. The van der Waals surface area contributed by atoms with Crippen LogP contribution >= 0.6 is 23.2 Å². The molecule has 0 aliphatic heterocycles. The minimum atomic E-state index is -0.563. The van der Waals surface area contributed by atoms with Crippen molar-refractivity contribution in [2.24, 2.45) is 0 Å². The lowest BCUT2D eigenvalue weighted by atomic mass is 9.94. The summed E-state index contributed by atoms with van der Waals surface area (Å²) >= 11 is 12.3. The molecule has 0 nitrogen and oxygen atoms in total. The maximum Gasteiger partial charge on any atom is 0.128 e. The van der Waals surface area contributed by atoms with E-state index >= 15 is 0 Å². The second-order valence-electron chi connectivity index (χ2n) is 4.99. The quantitative estimate of drug-likeness (QED) is 0.663. The molecule has 1 aliphatic carbocycles. The van der Waals surface area contributed by atoms with Crippen molar-refractivity contribution in [3.05, 3.63) is 35.4 Å². The molecule has 1 aliphatic rings. The molecule has 1 saturated carbocycles. The van der Waals surface area contributed by atoms with Gasteiger partial charge in [-0.15, -0.1) is 23.2 Å². The second-order valence-corrected chi connectivity index (χ2v) is 6.47. The summed E-state index contributed by atoms with van der Waals surface area (Å²) in [6, 6.07) is 8.66. The summed E-state index contributed by atoms with van der Waals surface area (Å²) in [5, 5.41) is 0. The minimum absolute atomic E-state index is 0.0500. The van der Waals surface area contributed by atoms with E-state index < -0.39 is 4.33 Å². The van der Waals surface area contributed by atoms with Gasteiger partial charge in [-0.05, 0) is 23.5 Å². The Balaban J connectivity index is 2.26. The minimum Gasteiger partial charge on any atom is -0.101 e. The van der Waals surface area contributed by atoms with E-state index in [-0.39, 0.29) is 5.41 Å². The Kier molecular flexibility index (Phi) is 2.56. The van der Waals surface area contributed by atoms with Crippen molar-refractivity contribution >= 4 is 23.2 Å². The van der Waals surface area contributed by atoms with Crippen LogP contribution in [0.15, 0.2) is 24.3 Å². The van der Waals surface area contributed by atoms with Crippen LogP contribution in [0.25, 0.3) is 0 Å². The predicted molar refractivity (Wildman–Crippen MR) is 66.9 cm³/mol. The molecule has 0 radical (unpaired) electrons. The fraction of sp³-hybridized carbons (Fsp3) is 0.538. The number of rotatable bonds is 2. The first-order valence-corrected chi connectivity index (χ1v) is 6.11. The molecule has 0 aromatic heterocycles. The van der Waals surface area contributed by atoms with Crippen LogP contribution in [0.3, 0.4) is 0 Å². The SMILES string of the molecule is CC(C)c1ccc([C@]2(C)CC2(Cl)Cl)cc1. The molecule has 0 N–H and O–H groups in total. The Morgan fingerprint density at radius 1 is 1.13 bits per heavy atom. The van der Waals surface area contributed by atoms with E-state index in [1.165, 1.54) is 11.1 Å². The van der Waals surface area contributed by atoms with E-state index in [1.807, 2.05) is 0 Å². The smallest absolute Gasteiger partial charge is 0.101 e. The van der Waals surface area contributed by atoms with Gasteiger partial charge in [0.15, 0.2) is 0 Å². The maximum atomic E-state index is 6.15. The molecular formula is C13H16Cl2. The summed E-state index contributed by atoms with van der Waals surface area (Å²) in [4.78, 5) is 0. The van der Waals surface area contributed by atoms with Gasteiger partial charge in [0.2, 0.25) is 0 Å². The number of alkyl halides is 2. The summed E-state index contributed by atoms with van der Waals surface area (Å²) in [6.07, 6.45) is 0.851. The van der Waals surface area contributed by atoms with Gasteiger partial charge in [-0.25, -0.2) is 0 Å². The van der Waals surface area contributed by atoms with Crippen LogP contribution in [0.2, 0.25) is 0 Å². The summed E-state index contributed by atoms with van der Waals surface area (Å²) in [5.41, 5.74) is 2.56. The fourth-order valence-corrected chi connectivity index (χ4v) is 2.70. The Morgan fingerprint density at radius 2 is 1.60 bits per heavy atom. The van der Waals surface area contributed by atoms with E-state index in [2.05, 4.69) is 45.0 Å². The highest BCUT2D eigenvalue weighted by Gasteiger charge is 2.63. The third kappa shape index (κ3) is 1.79. The van der Waals surface area contributed by atoms with Crippen LogP contribution in [-0.4, -0.2) is 4.33 Å². The predicted octanol–water partition coefficient (Wildman–Crippen LogP) is 4.65. The van der Waals surface area contributed by atoms with Crippen molar-refractivity contribution in [3.63, 3.8) is 0 Å². The molecule has 0 saturated heterocycles. The molecule has 0 bridgehead atoms. The zero-order chi connectivity index (χ0) is 11.3. The van der Waals surface area contributed by atoms with E-state index in [0.29, 0.717) is 5.92 Å². The zero-order valence-electron chi connectivity index (χ0n) is 9.35. The van der Waals surface area contributed by atoms with Crippen LogP contribution in [-0.2, 0) is 5.41 Å². The van der Waals surface area contributed by atoms with Crippen LogP contribution in [0.4, 0.5) is 0 Å². The lowest BCUT2D eigenvalue weighted by Crippen LogP contribution is -2.09. The third-order valence-corrected chi connectivity index (χ3v) is 4.57. The van der Waals surface area contributed by atoms with Crippen LogP contribution in [0.5, 0.6) is 0 Å². The van der Waals surface area contributed by atoms with Gasteiger partial charge in [-0.1, -0.05) is 45.0 Å². The first kappa shape index (κ1) is 11.3. The lowest BCUT2D eigenvalue weighted by molar-refractivity contribution is 0.770. The largest absolute Gasteiger partial charge is 0.128 e. The standard InChI is InChI=1S/C13H16Cl2/c1-9(2)10-4-6-11(7-5-10)12(3)8-13(12,14)15/h4-7,9H,8H2,1-3H3/t12-/m0/s1. The van der Waals surface area contributed by atoms with Crippen molar-refractivity contribution in [2.45, 2.75) is 42.9 Å². The van der Waals surface area contributed by atoms with Gasteiger partial charge in [0, 0.05) is 5.41 Å². The van der Waals surface area contributed by atoms with Gasteiger partial charge in [0.1, 0.15) is 4.33 Å². The van der Waals surface area contributed by atoms with E-state index in [9.17, 15) is 0 Å². The maximum absolute atomic E-state index is 6.15. The van der Waals surface area contributed by atoms with Gasteiger partial charge in [0.05, 0.1) is 0 Å². The van der Waals surface area contributed by atoms with E-state index in [0.717, 1.165) is 6.42 Å². The van der Waals surface area contributed by atoms with E-state index in [4.69, 9.17) is 23.2 Å². The molecule has 0 unspecified atom stereocenters. The molecular weight excluding hydrogens is 227 g/mol.